The van der Waals surface area contributed by atoms with E-state index in [2.05, 4.69) is 4.98 Å². The van der Waals surface area contributed by atoms with E-state index in [4.69, 9.17) is 9.47 Å². The van der Waals surface area contributed by atoms with Crippen molar-refractivity contribution >= 4 is 46.5 Å². The summed E-state index contributed by atoms with van der Waals surface area (Å²) in [5.74, 6) is 0.0962. The maximum Gasteiger partial charge on any atom is 0.305 e. The zero-order valence-electron chi connectivity index (χ0n) is 25.2. The molecule has 0 radical (unpaired) electrons. The SMILES string of the molecule is COc1cc([C@H]2c3sc(=O)[nH]c3SC3C4CC(C5C(=O)N(c6ccc(C)cc6)C(=O)C45)C32)ccc1OCC(=O)N1CCCCC1. The highest BCUT2D eigenvalue weighted by Gasteiger charge is 2.69. The second-order valence-electron chi connectivity index (χ2n) is 12.9. The van der Waals surface area contributed by atoms with E-state index in [0.29, 0.717) is 17.2 Å². The van der Waals surface area contributed by atoms with Crippen molar-refractivity contribution in [1.82, 2.24) is 9.88 Å². The van der Waals surface area contributed by atoms with Gasteiger partial charge in [0.15, 0.2) is 18.1 Å². The van der Waals surface area contributed by atoms with E-state index in [-0.39, 0.29) is 70.0 Å². The van der Waals surface area contributed by atoms with Crippen LogP contribution in [0.25, 0.3) is 0 Å². The lowest BCUT2D eigenvalue weighted by atomic mass is 9.68. The van der Waals surface area contributed by atoms with Gasteiger partial charge in [0.25, 0.3) is 5.91 Å². The zero-order chi connectivity index (χ0) is 31.0. The van der Waals surface area contributed by atoms with Crippen LogP contribution >= 0.6 is 23.1 Å². The average molecular weight is 646 g/mol. The summed E-state index contributed by atoms with van der Waals surface area (Å²) in [6.07, 6.45) is 4.01. The number of amides is 3. The number of hydrogen-bond acceptors (Lipinski definition) is 8. The van der Waals surface area contributed by atoms with E-state index in [1.807, 2.05) is 54.3 Å². The topological polar surface area (TPSA) is 109 Å². The maximum atomic E-state index is 14.0. The molecule has 3 aromatic rings. The normalized spacial score (nSPS) is 29.9. The highest BCUT2D eigenvalue weighted by molar-refractivity contribution is 8.00. The first-order chi connectivity index (χ1) is 21.8. The second-order valence-corrected chi connectivity index (χ2v) is 15.2. The summed E-state index contributed by atoms with van der Waals surface area (Å²) in [7, 11) is 1.59. The number of thioether (sulfide) groups is 1. The number of nitrogens with zero attached hydrogens (tertiary/aromatic N) is 2. The number of anilines is 1. The molecule has 1 N–H and O–H groups in total. The van der Waals surface area contributed by atoms with E-state index >= 15 is 0 Å². The van der Waals surface area contributed by atoms with Gasteiger partial charge in [-0.1, -0.05) is 35.1 Å². The molecule has 8 rings (SSSR count). The van der Waals surface area contributed by atoms with Crippen molar-refractivity contribution in [2.24, 2.45) is 29.6 Å². The van der Waals surface area contributed by atoms with Crippen molar-refractivity contribution in [1.29, 1.82) is 0 Å². The molecule has 2 aromatic carbocycles. The fourth-order valence-electron chi connectivity index (χ4n) is 8.71. The first kappa shape index (κ1) is 28.9. The molecule has 4 fully saturated rings. The quantitative estimate of drug-likeness (QED) is 0.383. The summed E-state index contributed by atoms with van der Waals surface area (Å²) < 4.78 is 11.7. The fourth-order valence-corrected chi connectivity index (χ4v) is 11.6. The number of hydrogen-bond donors (Lipinski definition) is 1. The Morgan fingerprint density at radius 1 is 0.956 bits per heavy atom. The average Bonchev–Trinajstić information content (AvgIpc) is 3.79. The number of H-pyrrole nitrogens is 1. The Morgan fingerprint density at radius 3 is 2.42 bits per heavy atom. The molecule has 1 aromatic heterocycles. The third kappa shape index (κ3) is 4.56. The van der Waals surface area contributed by atoms with Crippen LogP contribution in [-0.2, 0) is 14.4 Å². The zero-order valence-corrected chi connectivity index (χ0v) is 26.8. The van der Waals surface area contributed by atoms with Gasteiger partial charge < -0.3 is 19.4 Å². The van der Waals surface area contributed by atoms with Crippen molar-refractivity contribution in [3.05, 3.63) is 68.1 Å². The Bertz CT molecular complexity index is 1740. The Balaban J connectivity index is 1.11. The Kier molecular flexibility index (Phi) is 7.09. The summed E-state index contributed by atoms with van der Waals surface area (Å²) in [4.78, 5) is 60.5. The molecule has 4 heterocycles. The molecular formula is C34H35N3O6S2. The first-order valence-electron chi connectivity index (χ1n) is 15.8. The summed E-state index contributed by atoms with van der Waals surface area (Å²) in [5.41, 5.74) is 2.69. The lowest BCUT2D eigenvalue weighted by molar-refractivity contribution is -0.134. The number of nitrogens with one attached hydrogen (secondary N) is 1. The number of thiazole rings is 1. The smallest absolute Gasteiger partial charge is 0.305 e. The number of carbonyl (C=O) groups is 3. The van der Waals surface area contributed by atoms with E-state index in [9.17, 15) is 19.2 Å². The lowest BCUT2D eigenvalue weighted by Crippen LogP contribution is -2.42. The maximum absolute atomic E-state index is 14.0. The van der Waals surface area contributed by atoms with E-state index in [1.54, 1.807) is 18.9 Å². The molecule has 2 aliphatic carbocycles. The van der Waals surface area contributed by atoms with Crippen LogP contribution in [-0.4, -0.2) is 59.7 Å². The largest absolute Gasteiger partial charge is 0.493 e. The highest BCUT2D eigenvalue weighted by Crippen LogP contribution is 2.68. The molecule has 2 saturated heterocycles. The minimum atomic E-state index is -0.365. The minimum absolute atomic E-state index is 0.0174. The monoisotopic (exact) mass is 645 g/mol. The summed E-state index contributed by atoms with van der Waals surface area (Å²) in [6, 6.07) is 13.4. The van der Waals surface area contributed by atoms with Gasteiger partial charge in [-0.2, -0.15) is 0 Å². The van der Waals surface area contributed by atoms with Gasteiger partial charge in [-0.05, 0) is 80.2 Å². The number of piperidine rings is 1. The highest BCUT2D eigenvalue weighted by atomic mass is 32.2. The Morgan fingerprint density at radius 2 is 1.69 bits per heavy atom. The molecule has 234 valence electrons. The first-order valence-corrected chi connectivity index (χ1v) is 17.5. The van der Waals surface area contributed by atoms with Crippen LogP contribution in [0.4, 0.5) is 5.69 Å². The molecule has 2 saturated carbocycles. The van der Waals surface area contributed by atoms with Crippen LogP contribution in [0.1, 0.15) is 47.6 Å². The van der Waals surface area contributed by atoms with Crippen molar-refractivity contribution in [2.75, 3.05) is 31.7 Å². The molecule has 5 aliphatic rings. The Labute approximate surface area is 269 Å². The van der Waals surface area contributed by atoms with Gasteiger partial charge in [0, 0.05) is 29.1 Å². The Hall–Kier alpha value is -3.57. The number of aryl methyl sites for hydroxylation is 1. The molecule has 2 bridgehead atoms. The van der Waals surface area contributed by atoms with Gasteiger partial charge in [-0.15, -0.1) is 11.8 Å². The number of benzene rings is 2. The van der Waals surface area contributed by atoms with E-state index < -0.39 is 0 Å². The summed E-state index contributed by atoms with van der Waals surface area (Å²) >= 11 is 2.90. The number of likely N-dealkylation sites (tertiary alicyclic amines) is 1. The third-order valence-corrected chi connectivity index (χ3v) is 13.2. The molecule has 0 spiro atoms. The minimum Gasteiger partial charge on any atom is -0.493 e. The van der Waals surface area contributed by atoms with Gasteiger partial charge in [0.1, 0.15) is 0 Å². The molecule has 45 heavy (non-hydrogen) atoms. The summed E-state index contributed by atoms with van der Waals surface area (Å²) in [5, 5.41) is 0.955. The predicted octanol–water partition coefficient (Wildman–Crippen LogP) is 4.82. The number of carbonyl (C=O) groups excluding carboxylic acids is 3. The standard InChI is InChI=1S/C34H35N3O6S2/c1-17-6-9-19(10-7-17)37-32(39)27-20-15-21(28(27)33(37)40)29-26(20)25(30-31(44-29)35-34(41)45-30)18-8-11-22(23(14-18)42-2)43-16-24(38)36-12-4-3-5-13-36/h6-11,14,20-21,25-29H,3-5,12-13,15-16H2,1-2H3,(H,35,41)/t20?,21?,25-,26?,27?,28?,29?/m1/s1. The van der Waals surface area contributed by atoms with Crippen LogP contribution in [0.2, 0.25) is 0 Å². The molecule has 7 atom stereocenters. The van der Waals surface area contributed by atoms with Crippen molar-refractivity contribution in [2.45, 2.75) is 48.8 Å². The molecule has 6 unspecified atom stereocenters. The molecule has 11 heteroatoms. The number of imide groups is 1. The number of methoxy groups -OCH3 is 1. The number of rotatable bonds is 6. The predicted molar refractivity (Wildman–Crippen MR) is 171 cm³/mol. The van der Waals surface area contributed by atoms with Gasteiger partial charge in [0.05, 0.1) is 29.7 Å². The number of aromatic nitrogens is 1. The molecule has 3 amide bonds. The van der Waals surface area contributed by atoms with Crippen LogP contribution in [0.5, 0.6) is 11.5 Å². The number of fused-ring (bicyclic) bond motifs is 9. The van der Waals surface area contributed by atoms with E-state index in [1.165, 1.54) is 16.2 Å². The number of aromatic amines is 1. The van der Waals surface area contributed by atoms with Crippen molar-refractivity contribution in [3.63, 3.8) is 0 Å². The van der Waals surface area contributed by atoms with Crippen LogP contribution in [0.15, 0.2) is 52.3 Å². The van der Waals surface area contributed by atoms with Crippen molar-refractivity contribution < 1.29 is 23.9 Å². The van der Waals surface area contributed by atoms with Crippen LogP contribution in [0, 0.1) is 36.5 Å². The summed E-state index contributed by atoms with van der Waals surface area (Å²) in [6.45, 7) is 3.47. The van der Waals surface area contributed by atoms with Gasteiger partial charge in [-0.3, -0.25) is 24.1 Å². The molecule has 3 aliphatic heterocycles. The van der Waals surface area contributed by atoms with Crippen molar-refractivity contribution in [3.8, 4) is 11.5 Å². The lowest BCUT2D eigenvalue weighted by Gasteiger charge is -2.43. The van der Waals surface area contributed by atoms with Gasteiger partial charge >= 0.3 is 4.87 Å². The fraction of sp³-hybridized carbons (Fsp3) is 0.471. The third-order valence-electron chi connectivity index (χ3n) is 10.6. The van der Waals surface area contributed by atoms with Crippen LogP contribution < -0.4 is 19.2 Å². The number of ether oxygens (including phenoxy) is 2. The molecular weight excluding hydrogens is 611 g/mol. The van der Waals surface area contributed by atoms with E-state index in [0.717, 1.165) is 59.8 Å². The van der Waals surface area contributed by atoms with Gasteiger partial charge in [0.2, 0.25) is 11.8 Å². The second kappa shape index (κ2) is 11.0. The molecule has 9 nitrogen and oxygen atoms in total. The van der Waals surface area contributed by atoms with Gasteiger partial charge in [-0.25, -0.2) is 0 Å². The van der Waals surface area contributed by atoms with Crippen LogP contribution in [0.3, 0.4) is 0 Å².